The maximum absolute atomic E-state index is 14.0. The second kappa shape index (κ2) is 22.9. The molecule has 4 aromatic rings. The van der Waals surface area contributed by atoms with Gasteiger partial charge in [-0.15, -0.1) is 0 Å². The molecule has 322 valence electrons. The number of ether oxygens (including phenoxy) is 5. The lowest BCUT2D eigenvalue weighted by atomic mass is 9.84. The minimum Gasteiger partial charge on any atom is -0.468 e. The van der Waals surface area contributed by atoms with E-state index in [1.807, 2.05) is 91.0 Å². The normalized spacial score (nSPS) is 17.2. The first-order chi connectivity index (χ1) is 29.7. The summed E-state index contributed by atoms with van der Waals surface area (Å²) < 4.78 is 28.0. The molecular weight excluding hydrogens is 781 g/mol. The number of alkyl carbamates (subject to hydrolysis) is 1. The highest BCUT2D eigenvalue weighted by Crippen LogP contribution is 2.29. The highest BCUT2D eigenvalue weighted by molar-refractivity contribution is 5.95. The Kier molecular flexibility index (Phi) is 16.7. The molecule has 1 saturated heterocycles. The smallest absolute Gasteiger partial charge is 0.408 e. The topological polar surface area (TPSA) is 180 Å². The lowest BCUT2D eigenvalue weighted by molar-refractivity contribution is -0.150. The molecule has 4 atom stereocenters. The van der Waals surface area contributed by atoms with Crippen LogP contribution in [-0.4, -0.2) is 81.1 Å². The summed E-state index contributed by atoms with van der Waals surface area (Å²) in [6, 6.07) is 31.7. The van der Waals surface area contributed by atoms with Crippen LogP contribution in [0.3, 0.4) is 0 Å². The maximum atomic E-state index is 14.0. The largest absolute Gasteiger partial charge is 0.468 e. The van der Waals surface area contributed by atoms with E-state index in [-0.39, 0.29) is 32.2 Å². The van der Waals surface area contributed by atoms with E-state index < -0.39 is 60.2 Å². The van der Waals surface area contributed by atoms with Gasteiger partial charge in [0.05, 0.1) is 13.2 Å². The van der Waals surface area contributed by atoms with Crippen LogP contribution in [0, 0.1) is 5.92 Å². The van der Waals surface area contributed by atoms with Crippen LogP contribution in [0.5, 0.6) is 5.75 Å². The molecule has 1 aliphatic carbocycles. The molecule has 1 unspecified atom stereocenters. The maximum Gasteiger partial charge on any atom is 0.408 e. The van der Waals surface area contributed by atoms with E-state index in [9.17, 15) is 24.0 Å². The Balaban J connectivity index is 1.10. The Morgan fingerprint density at radius 2 is 1.38 bits per heavy atom. The number of esters is 1. The first-order valence-electron chi connectivity index (χ1n) is 20.8. The Morgan fingerprint density at radius 3 is 2.00 bits per heavy atom. The van der Waals surface area contributed by atoms with Gasteiger partial charge in [0.15, 0.2) is 12.1 Å². The number of benzene rings is 4. The lowest BCUT2D eigenvalue weighted by Gasteiger charge is -2.37. The van der Waals surface area contributed by atoms with Crippen LogP contribution in [0.1, 0.15) is 66.9 Å². The van der Waals surface area contributed by atoms with Crippen molar-refractivity contribution in [1.29, 1.82) is 0 Å². The van der Waals surface area contributed by atoms with Crippen molar-refractivity contribution in [3.8, 4) is 5.75 Å². The summed E-state index contributed by atoms with van der Waals surface area (Å²) in [6.45, 7) is 0.366. The van der Waals surface area contributed by atoms with Crippen LogP contribution in [0.15, 0.2) is 115 Å². The monoisotopic (exact) mass is 834 g/mol. The molecule has 4 N–H and O–H groups in total. The van der Waals surface area contributed by atoms with Gasteiger partial charge in [-0.25, -0.2) is 9.59 Å². The number of carbonyl (C=O) groups excluding carboxylic acids is 5. The van der Waals surface area contributed by atoms with Crippen molar-refractivity contribution in [1.82, 2.24) is 21.3 Å². The molecule has 6 rings (SSSR count). The molecule has 14 heteroatoms. The summed E-state index contributed by atoms with van der Waals surface area (Å²) in [7, 11) is 1.54. The third-order valence-corrected chi connectivity index (χ3v) is 10.6. The van der Waals surface area contributed by atoms with E-state index in [0.717, 1.165) is 48.8 Å². The summed E-state index contributed by atoms with van der Waals surface area (Å²) in [5.74, 6) is -1.34. The Labute approximate surface area is 356 Å². The number of rotatable bonds is 21. The minimum absolute atomic E-state index is 0.0103. The van der Waals surface area contributed by atoms with E-state index in [1.165, 1.54) is 7.11 Å². The third kappa shape index (κ3) is 13.6. The van der Waals surface area contributed by atoms with Crippen molar-refractivity contribution in [2.45, 2.75) is 82.0 Å². The molecule has 2 fully saturated rings. The highest BCUT2D eigenvalue weighted by Gasteiger charge is 2.43. The molecule has 4 amide bonds. The zero-order chi connectivity index (χ0) is 42.8. The van der Waals surface area contributed by atoms with Gasteiger partial charge in [-0.3, -0.25) is 14.4 Å². The second-order valence-electron chi connectivity index (χ2n) is 15.2. The molecule has 2 aliphatic rings. The molecule has 1 heterocycles. The quantitative estimate of drug-likeness (QED) is 0.0490. The predicted molar refractivity (Wildman–Crippen MR) is 225 cm³/mol. The van der Waals surface area contributed by atoms with Crippen LogP contribution in [-0.2, 0) is 51.2 Å². The molecule has 61 heavy (non-hydrogen) atoms. The molecule has 0 bridgehead atoms. The van der Waals surface area contributed by atoms with E-state index in [2.05, 4.69) is 21.3 Å². The van der Waals surface area contributed by atoms with E-state index in [0.29, 0.717) is 24.3 Å². The first kappa shape index (κ1) is 44.3. The summed E-state index contributed by atoms with van der Waals surface area (Å²) in [4.78, 5) is 66.1. The van der Waals surface area contributed by atoms with Crippen molar-refractivity contribution in [3.05, 3.63) is 138 Å². The van der Waals surface area contributed by atoms with Crippen LogP contribution >= 0.6 is 0 Å². The molecule has 0 radical (unpaired) electrons. The molecular formula is C47H54N4O10. The summed E-state index contributed by atoms with van der Waals surface area (Å²) in [5.41, 5.74) is 2.98. The number of nitrogens with one attached hydrogen (secondary N) is 4. The van der Waals surface area contributed by atoms with Gasteiger partial charge in [-0.2, -0.15) is 0 Å². The van der Waals surface area contributed by atoms with Gasteiger partial charge in [0.25, 0.3) is 5.91 Å². The van der Waals surface area contributed by atoms with Gasteiger partial charge in [0.2, 0.25) is 18.0 Å². The summed E-state index contributed by atoms with van der Waals surface area (Å²) >= 11 is 0. The van der Waals surface area contributed by atoms with Crippen LogP contribution in [0.4, 0.5) is 4.79 Å². The van der Waals surface area contributed by atoms with Gasteiger partial charge < -0.3 is 45.0 Å². The van der Waals surface area contributed by atoms with Crippen molar-refractivity contribution < 1.29 is 47.7 Å². The Bertz CT molecular complexity index is 1970. The van der Waals surface area contributed by atoms with Crippen molar-refractivity contribution in [2.75, 3.05) is 26.9 Å². The predicted octanol–water partition coefficient (Wildman–Crippen LogP) is 5.29. The first-order valence-corrected chi connectivity index (χ1v) is 20.8. The van der Waals surface area contributed by atoms with Gasteiger partial charge in [0.1, 0.15) is 31.0 Å². The number of amides is 4. The third-order valence-electron chi connectivity index (χ3n) is 10.6. The number of hydrogen-bond donors (Lipinski definition) is 4. The van der Waals surface area contributed by atoms with E-state index in [4.69, 9.17) is 23.7 Å². The fraction of sp³-hybridized carbons (Fsp3) is 0.383. The number of hydrogen-bond acceptors (Lipinski definition) is 10. The van der Waals surface area contributed by atoms with Crippen molar-refractivity contribution in [3.63, 3.8) is 0 Å². The summed E-state index contributed by atoms with van der Waals surface area (Å²) in [5, 5.41) is 11.0. The molecule has 4 aromatic carbocycles. The Hall–Kier alpha value is -6.25. The lowest BCUT2D eigenvalue weighted by Crippen LogP contribution is -2.72. The summed E-state index contributed by atoms with van der Waals surface area (Å²) in [6.07, 6.45) is 3.32. The standard InChI is InChI=1S/C47H54N4O10/c1-57-26-27-58-31-40(52)48-38(28-32-14-6-2-7-15-32)43(53)50-41-44(54)51-45(41)60-37-24-22-33(23-25-37)29-39(49-47(56)59-30-34-16-8-3-9-17-34)46(55)61-42(35-18-10-4-11-19-35)36-20-12-5-13-21-36/h3-5,8-13,16-25,32,38-39,41-42,45H,2,6-7,14-15,26-31H2,1H3,(H,48,52)(H,49,56)(H,50,53)(H,51,54)/t38-,39-,41+,45?/m0/s1. The fourth-order valence-corrected chi connectivity index (χ4v) is 7.35. The van der Waals surface area contributed by atoms with Crippen molar-refractivity contribution >= 4 is 29.8 Å². The Morgan fingerprint density at radius 1 is 0.738 bits per heavy atom. The van der Waals surface area contributed by atoms with Crippen molar-refractivity contribution in [2.24, 2.45) is 5.92 Å². The van der Waals surface area contributed by atoms with Crippen LogP contribution in [0.25, 0.3) is 0 Å². The number of β-lactam (4-membered cyclic amide) rings is 1. The minimum atomic E-state index is -1.13. The van der Waals surface area contributed by atoms with E-state index >= 15 is 0 Å². The number of carbonyl (C=O) groups is 5. The van der Waals surface area contributed by atoms with Gasteiger partial charge in [0, 0.05) is 13.5 Å². The van der Waals surface area contributed by atoms with Crippen LogP contribution < -0.4 is 26.0 Å². The molecule has 1 aliphatic heterocycles. The fourth-order valence-electron chi connectivity index (χ4n) is 7.35. The van der Waals surface area contributed by atoms with Gasteiger partial charge in [-0.1, -0.05) is 135 Å². The van der Waals surface area contributed by atoms with Gasteiger partial charge >= 0.3 is 12.1 Å². The molecule has 0 aromatic heterocycles. The average Bonchev–Trinajstić information content (AvgIpc) is 3.29. The van der Waals surface area contributed by atoms with Crippen LogP contribution in [0.2, 0.25) is 0 Å². The highest BCUT2D eigenvalue weighted by atomic mass is 16.6. The molecule has 14 nitrogen and oxygen atoms in total. The zero-order valence-electron chi connectivity index (χ0n) is 34.3. The zero-order valence-corrected chi connectivity index (χ0v) is 34.3. The average molecular weight is 835 g/mol. The van der Waals surface area contributed by atoms with E-state index in [1.54, 1.807) is 24.3 Å². The van der Waals surface area contributed by atoms with Gasteiger partial charge in [-0.05, 0) is 46.7 Å². The molecule has 1 saturated carbocycles. The SMILES string of the molecule is COCCOCC(=O)N[C@@H](CC1CCCCC1)C(=O)N[C@@H]1C(=O)NC1Oc1ccc(C[C@H](NC(=O)OCc2ccccc2)C(=O)OC(c2ccccc2)c2ccccc2)cc1. The number of methoxy groups -OCH3 is 1. The second-order valence-corrected chi connectivity index (χ2v) is 15.2. The molecule has 0 spiro atoms.